The van der Waals surface area contributed by atoms with Crippen LogP contribution in [0, 0.1) is 0 Å². The zero-order valence-corrected chi connectivity index (χ0v) is 15.2. The van der Waals surface area contributed by atoms with Crippen LogP contribution in [0.4, 0.5) is 0 Å². The predicted octanol–water partition coefficient (Wildman–Crippen LogP) is 4.29. The van der Waals surface area contributed by atoms with Gasteiger partial charge in [0.25, 0.3) is 0 Å². The van der Waals surface area contributed by atoms with E-state index in [1.165, 1.54) is 16.7 Å². The van der Waals surface area contributed by atoms with Crippen LogP contribution in [0.2, 0.25) is 0 Å². The first kappa shape index (κ1) is 17.3. The first-order valence-corrected chi connectivity index (χ1v) is 9.26. The molecule has 0 unspecified atom stereocenters. The predicted molar refractivity (Wildman–Crippen MR) is 110 cm³/mol. The molecule has 1 aromatic heterocycles. The topological polar surface area (TPSA) is 54.7 Å². The Balaban J connectivity index is 2.06. The van der Waals surface area contributed by atoms with Crippen molar-refractivity contribution in [1.82, 2.24) is 9.97 Å². The van der Waals surface area contributed by atoms with Gasteiger partial charge >= 0.3 is 0 Å². The minimum Gasteiger partial charge on any atom is -0.345 e. The number of imidazole rings is 1. The zero-order chi connectivity index (χ0) is 18.5. The Bertz CT molecular complexity index is 879. The Morgan fingerprint density at radius 3 is 1.56 bits per heavy atom. The fourth-order valence-corrected chi connectivity index (χ4v) is 3.81. The Morgan fingerprint density at radius 1 is 0.704 bits per heavy atom. The summed E-state index contributed by atoms with van der Waals surface area (Å²) in [6.07, 6.45) is 2.69. The molecule has 4 aromatic rings. The van der Waals surface area contributed by atoms with Crippen LogP contribution in [-0.4, -0.2) is 16.5 Å². The van der Waals surface area contributed by atoms with Crippen LogP contribution in [-0.2, 0) is 11.8 Å². The van der Waals surface area contributed by atoms with Crippen molar-refractivity contribution in [2.75, 3.05) is 6.54 Å². The molecule has 0 fully saturated rings. The van der Waals surface area contributed by atoms with E-state index in [2.05, 4.69) is 77.8 Å². The highest BCUT2D eigenvalue weighted by molar-refractivity contribution is 5.56. The van der Waals surface area contributed by atoms with E-state index < -0.39 is 5.41 Å². The van der Waals surface area contributed by atoms with Gasteiger partial charge in [0.05, 0.1) is 0 Å². The number of benzene rings is 3. The molecule has 0 aliphatic carbocycles. The molecule has 0 saturated carbocycles. The van der Waals surface area contributed by atoms with E-state index in [-0.39, 0.29) is 0 Å². The maximum absolute atomic E-state index is 5.76. The van der Waals surface area contributed by atoms with Crippen LogP contribution in [0.1, 0.15) is 28.2 Å². The summed E-state index contributed by atoms with van der Waals surface area (Å²) in [5.41, 5.74) is 9.83. The summed E-state index contributed by atoms with van der Waals surface area (Å²) in [6.45, 7) is 0.594. The van der Waals surface area contributed by atoms with Crippen LogP contribution in [0.5, 0.6) is 0 Å². The van der Waals surface area contributed by atoms with Crippen molar-refractivity contribution in [3.05, 3.63) is 125 Å². The zero-order valence-electron chi connectivity index (χ0n) is 15.2. The molecule has 4 rings (SSSR count). The highest BCUT2D eigenvalue weighted by Crippen LogP contribution is 2.43. The Morgan fingerprint density at radius 2 is 1.15 bits per heavy atom. The fraction of sp³-hybridized carbons (Fsp3) is 0.125. The monoisotopic (exact) mass is 353 g/mol. The molecule has 0 amide bonds. The minimum atomic E-state index is -0.517. The van der Waals surface area contributed by atoms with Crippen molar-refractivity contribution in [2.45, 2.75) is 11.8 Å². The molecule has 3 nitrogen and oxygen atoms in total. The van der Waals surface area contributed by atoms with Crippen LogP contribution in [0.15, 0.2) is 97.2 Å². The lowest BCUT2D eigenvalue weighted by Gasteiger charge is -2.34. The number of aromatic nitrogens is 2. The number of nitrogens with two attached hydrogens (primary N) is 1. The normalized spacial score (nSPS) is 11.4. The fourth-order valence-electron chi connectivity index (χ4n) is 3.81. The maximum atomic E-state index is 5.76. The highest BCUT2D eigenvalue weighted by Gasteiger charge is 2.40. The largest absolute Gasteiger partial charge is 0.345 e. The summed E-state index contributed by atoms with van der Waals surface area (Å²) < 4.78 is 0. The molecular weight excluding hydrogens is 330 g/mol. The van der Waals surface area contributed by atoms with Crippen molar-refractivity contribution in [3.63, 3.8) is 0 Å². The lowest BCUT2D eigenvalue weighted by Crippen LogP contribution is -2.32. The third-order valence-corrected chi connectivity index (χ3v) is 5.02. The van der Waals surface area contributed by atoms with Gasteiger partial charge < -0.3 is 10.7 Å². The van der Waals surface area contributed by atoms with Gasteiger partial charge in [0.2, 0.25) is 0 Å². The molecule has 0 spiro atoms. The Labute approximate surface area is 159 Å². The van der Waals surface area contributed by atoms with Gasteiger partial charge in [-0.05, 0) is 23.2 Å². The molecule has 1 heterocycles. The smallest absolute Gasteiger partial charge is 0.125 e. The number of nitrogens with zero attached hydrogens (tertiary/aromatic N) is 1. The number of rotatable bonds is 6. The van der Waals surface area contributed by atoms with E-state index >= 15 is 0 Å². The van der Waals surface area contributed by atoms with Crippen molar-refractivity contribution < 1.29 is 0 Å². The molecule has 0 aliphatic heterocycles. The number of hydrogen-bond donors (Lipinski definition) is 2. The summed E-state index contributed by atoms with van der Waals surface area (Å²) in [7, 11) is 0. The first-order valence-electron chi connectivity index (χ1n) is 9.26. The van der Waals surface area contributed by atoms with Gasteiger partial charge in [-0.2, -0.15) is 0 Å². The van der Waals surface area contributed by atoms with E-state index in [0.717, 1.165) is 17.9 Å². The van der Waals surface area contributed by atoms with Gasteiger partial charge in [-0.15, -0.1) is 0 Å². The third kappa shape index (κ3) is 3.07. The van der Waals surface area contributed by atoms with Crippen LogP contribution < -0.4 is 5.73 Å². The van der Waals surface area contributed by atoms with Crippen molar-refractivity contribution in [2.24, 2.45) is 5.73 Å². The summed E-state index contributed by atoms with van der Waals surface area (Å²) >= 11 is 0. The van der Waals surface area contributed by atoms with Gasteiger partial charge in [0.15, 0.2) is 0 Å². The molecule has 3 N–H and O–H groups in total. The van der Waals surface area contributed by atoms with Gasteiger partial charge in [0, 0.05) is 18.3 Å². The molecular formula is C24H23N3. The minimum absolute atomic E-state index is 0.517. The Kier molecular flexibility index (Phi) is 4.86. The average molecular weight is 353 g/mol. The van der Waals surface area contributed by atoms with Crippen LogP contribution in [0.3, 0.4) is 0 Å². The molecule has 0 aliphatic rings. The second-order valence-electron chi connectivity index (χ2n) is 6.64. The molecule has 0 bridgehead atoms. The highest BCUT2D eigenvalue weighted by atomic mass is 14.9. The van der Waals surface area contributed by atoms with E-state index in [1.807, 2.05) is 24.4 Å². The third-order valence-electron chi connectivity index (χ3n) is 5.02. The Hall–Kier alpha value is -3.17. The standard InChI is InChI=1S/C24H23N3/c25-17-16-22-18-26-23(27-22)24(19-10-4-1-5-11-19,20-12-6-2-7-13-20)21-14-8-3-9-15-21/h1-15,18H,16-17,25H2,(H,26,27). The number of nitrogens with one attached hydrogen (secondary N) is 1. The quantitative estimate of drug-likeness (QED) is 0.508. The van der Waals surface area contributed by atoms with Gasteiger partial charge in [-0.25, -0.2) is 4.98 Å². The van der Waals surface area contributed by atoms with Crippen molar-refractivity contribution in [1.29, 1.82) is 0 Å². The summed E-state index contributed by atoms with van der Waals surface area (Å²) in [4.78, 5) is 8.38. The van der Waals surface area contributed by atoms with Crippen molar-refractivity contribution >= 4 is 0 Å². The molecule has 3 aromatic carbocycles. The lowest BCUT2D eigenvalue weighted by molar-refractivity contribution is 0.688. The van der Waals surface area contributed by atoms with E-state index in [4.69, 9.17) is 10.7 Å². The van der Waals surface area contributed by atoms with E-state index in [9.17, 15) is 0 Å². The van der Waals surface area contributed by atoms with Gasteiger partial charge in [-0.3, -0.25) is 0 Å². The van der Waals surface area contributed by atoms with E-state index in [1.54, 1.807) is 0 Å². The number of aromatic amines is 1. The van der Waals surface area contributed by atoms with E-state index in [0.29, 0.717) is 6.54 Å². The first-order chi connectivity index (χ1) is 13.4. The molecule has 134 valence electrons. The molecule has 0 saturated heterocycles. The molecule has 3 heteroatoms. The van der Waals surface area contributed by atoms with Gasteiger partial charge in [0.1, 0.15) is 11.2 Å². The lowest BCUT2D eigenvalue weighted by atomic mass is 9.69. The molecule has 0 radical (unpaired) electrons. The van der Waals surface area contributed by atoms with Crippen molar-refractivity contribution in [3.8, 4) is 0 Å². The number of hydrogen-bond acceptors (Lipinski definition) is 2. The summed E-state index contributed by atoms with van der Waals surface area (Å²) in [6, 6.07) is 31.7. The average Bonchev–Trinajstić information content (AvgIpc) is 3.20. The molecule has 0 atom stereocenters. The molecule has 27 heavy (non-hydrogen) atoms. The summed E-state index contributed by atoms with van der Waals surface area (Å²) in [5, 5.41) is 0. The SMILES string of the molecule is NCCc1cnc(C(c2ccccc2)(c2ccccc2)c2ccccc2)[nH]1. The summed E-state index contributed by atoms with van der Waals surface area (Å²) in [5.74, 6) is 0.912. The van der Waals surface area contributed by atoms with Gasteiger partial charge in [-0.1, -0.05) is 91.0 Å². The maximum Gasteiger partial charge on any atom is 0.125 e. The number of H-pyrrole nitrogens is 1. The second-order valence-corrected chi connectivity index (χ2v) is 6.64. The van der Waals surface area contributed by atoms with Crippen LogP contribution in [0.25, 0.3) is 0 Å². The van der Waals surface area contributed by atoms with Crippen LogP contribution >= 0.6 is 0 Å². The second kappa shape index (κ2) is 7.60.